The van der Waals surface area contributed by atoms with Crippen LogP contribution < -0.4 is 4.74 Å². The number of nitrogens with zero attached hydrogens (tertiary/aromatic N) is 2. The molecule has 24 heavy (non-hydrogen) atoms. The van der Waals surface area contributed by atoms with Crippen LogP contribution in [0, 0.1) is 5.92 Å². The molecule has 1 fully saturated rings. The second-order valence-corrected chi connectivity index (χ2v) is 7.58. The lowest BCUT2D eigenvalue weighted by Gasteiger charge is -2.37. The number of hydrogen-bond donors (Lipinski definition) is 1. The van der Waals surface area contributed by atoms with Crippen LogP contribution in [0.5, 0.6) is 11.5 Å². The van der Waals surface area contributed by atoms with E-state index in [-0.39, 0.29) is 17.6 Å². The van der Waals surface area contributed by atoms with Gasteiger partial charge in [0.25, 0.3) is 0 Å². The molecular weight excluding hydrogens is 372 g/mol. The minimum absolute atomic E-state index is 0.0495. The van der Waals surface area contributed by atoms with Gasteiger partial charge in [-0.1, -0.05) is 29.8 Å². The van der Waals surface area contributed by atoms with Crippen molar-refractivity contribution in [2.45, 2.75) is 39.3 Å². The molecule has 5 nitrogen and oxygen atoms in total. The van der Waals surface area contributed by atoms with Crippen LogP contribution >= 0.6 is 15.9 Å². The van der Waals surface area contributed by atoms with Crippen molar-refractivity contribution in [1.82, 2.24) is 9.80 Å². The summed E-state index contributed by atoms with van der Waals surface area (Å²) in [6.07, 6.45) is 1.98. The molecule has 1 aliphatic rings. The fraction of sp³-hybridized carbons (Fsp3) is 0.611. The Morgan fingerprint density at radius 2 is 2.04 bits per heavy atom. The van der Waals surface area contributed by atoms with Crippen LogP contribution in [0.1, 0.15) is 32.3 Å². The first-order valence-corrected chi connectivity index (χ1v) is 9.17. The molecule has 1 aromatic rings. The highest BCUT2D eigenvalue weighted by Gasteiger charge is 2.26. The standard InChI is InChI=1S/C18H27BrN2O3/c1-12(2)18(23)20(3)14-5-7-21(8-6-14)11-13-9-17(24-4)16(22)10-15(13)19/h9-10,12,14,22H,5-8,11H2,1-4H3. The maximum atomic E-state index is 12.1. The van der Waals surface area contributed by atoms with Gasteiger partial charge in [0.05, 0.1) is 7.11 Å². The Morgan fingerprint density at radius 1 is 1.42 bits per heavy atom. The average molecular weight is 399 g/mol. The third-order valence-corrected chi connectivity index (χ3v) is 5.43. The van der Waals surface area contributed by atoms with E-state index in [1.54, 1.807) is 13.2 Å². The highest BCUT2D eigenvalue weighted by molar-refractivity contribution is 9.10. The van der Waals surface area contributed by atoms with Crippen molar-refractivity contribution >= 4 is 21.8 Å². The van der Waals surface area contributed by atoms with Gasteiger partial charge in [-0.05, 0) is 30.5 Å². The quantitative estimate of drug-likeness (QED) is 0.826. The van der Waals surface area contributed by atoms with Gasteiger partial charge < -0.3 is 14.7 Å². The molecular formula is C18H27BrN2O3. The molecule has 0 saturated carbocycles. The highest BCUT2D eigenvalue weighted by atomic mass is 79.9. The summed E-state index contributed by atoms with van der Waals surface area (Å²) in [6.45, 7) is 6.60. The van der Waals surface area contributed by atoms with Crippen LogP contribution in [-0.4, -0.2) is 54.1 Å². The lowest BCUT2D eigenvalue weighted by molar-refractivity contribution is -0.136. The molecule has 1 saturated heterocycles. The minimum atomic E-state index is 0.0495. The van der Waals surface area contributed by atoms with Crippen LogP contribution in [0.15, 0.2) is 16.6 Å². The number of halogens is 1. The second kappa shape index (κ2) is 8.21. The Bertz CT molecular complexity index is 584. The first-order chi connectivity index (χ1) is 11.3. The second-order valence-electron chi connectivity index (χ2n) is 6.73. The van der Waals surface area contributed by atoms with Crippen LogP contribution in [0.4, 0.5) is 0 Å². The van der Waals surface area contributed by atoms with Gasteiger partial charge >= 0.3 is 0 Å². The SMILES string of the molecule is COc1cc(CN2CCC(N(C)C(=O)C(C)C)CC2)c(Br)cc1O. The monoisotopic (exact) mass is 398 g/mol. The summed E-state index contributed by atoms with van der Waals surface area (Å²) in [6, 6.07) is 3.88. The number of ether oxygens (including phenoxy) is 1. The molecule has 0 aromatic heterocycles. The van der Waals surface area contributed by atoms with E-state index in [4.69, 9.17) is 4.74 Å². The summed E-state index contributed by atoms with van der Waals surface area (Å²) in [7, 11) is 3.48. The number of benzene rings is 1. The predicted molar refractivity (Wildman–Crippen MR) is 98.3 cm³/mol. The number of piperidine rings is 1. The van der Waals surface area contributed by atoms with Crippen LogP contribution in [0.25, 0.3) is 0 Å². The van der Waals surface area contributed by atoms with Gasteiger partial charge in [-0.2, -0.15) is 0 Å². The van der Waals surface area contributed by atoms with E-state index in [2.05, 4.69) is 20.8 Å². The van der Waals surface area contributed by atoms with Crippen molar-refractivity contribution in [1.29, 1.82) is 0 Å². The summed E-state index contributed by atoms with van der Waals surface area (Å²) < 4.78 is 6.08. The van der Waals surface area contributed by atoms with E-state index in [1.165, 1.54) is 0 Å². The molecule has 134 valence electrons. The van der Waals surface area contributed by atoms with Gasteiger partial charge in [-0.25, -0.2) is 0 Å². The zero-order valence-corrected chi connectivity index (χ0v) is 16.5. The Morgan fingerprint density at radius 3 is 2.58 bits per heavy atom. The average Bonchev–Trinajstić information content (AvgIpc) is 2.56. The summed E-state index contributed by atoms with van der Waals surface area (Å²) in [5, 5.41) is 9.81. The third kappa shape index (κ3) is 4.42. The van der Waals surface area contributed by atoms with Gasteiger partial charge in [0, 0.05) is 43.1 Å². The molecule has 1 heterocycles. The van der Waals surface area contributed by atoms with E-state index in [1.807, 2.05) is 31.9 Å². The Kier molecular flexibility index (Phi) is 6.52. The first-order valence-electron chi connectivity index (χ1n) is 8.37. The normalized spacial score (nSPS) is 16.4. The van der Waals surface area contributed by atoms with Gasteiger partial charge in [0.1, 0.15) is 0 Å². The number of likely N-dealkylation sites (tertiary alicyclic amines) is 1. The lowest BCUT2D eigenvalue weighted by Crippen LogP contribution is -2.46. The fourth-order valence-corrected chi connectivity index (χ4v) is 3.62. The van der Waals surface area contributed by atoms with Crippen molar-refractivity contribution in [2.24, 2.45) is 5.92 Å². The van der Waals surface area contributed by atoms with Gasteiger partial charge in [0.15, 0.2) is 11.5 Å². The first kappa shape index (κ1) is 19.1. The number of aromatic hydroxyl groups is 1. The number of carbonyl (C=O) groups excluding carboxylic acids is 1. The van der Waals surface area contributed by atoms with E-state index in [0.29, 0.717) is 11.8 Å². The Labute approximate surface area is 152 Å². The highest BCUT2D eigenvalue weighted by Crippen LogP contribution is 2.33. The minimum Gasteiger partial charge on any atom is -0.504 e. The number of phenols is 1. The number of hydrogen-bond acceptors (Lipinski definition) is 4. The Hall–Kier alpha value is -1.27. The van der Waals surface area contributed by atoms with Gasteiger partial charge in [0.2, 0.25) is 5.91 Å². The van der Waals surface area contributed by atoms with E-state index in [0.717, 1.165) is 42.5 Å². The van der Waals surface area contributed by atoms with E-state index >= 15 is 0 Å². The summed E-state index contributed by atoms with van der Waals surface area (Å²) in [5.41, 5.74) is 1.09. The third-order valence-electron chi connectivity index (χ3n) is 4.69. The molecule has 2 rings (SSSR count). The molecule has 1 amide bonds. The molecule has 1 aromatic carbocycles. The van der Waals surface area contributed by atoms with Crippen LogP contribution in [0.2, 0.25) is 0 Å². The van der Waals surface area contributed by atoms with E-state index < -0.39 is 0 Å². The molecule has 1 N–H and O–H groups in total. The fourth-order valence-electron chi connectivity index (χ4n) is 3.16. The van der Waals surface area contributed by atoms with E-state index in [9.17, 15) is 9.90 Å². The number of carbonyl (C=O) groups is 1. The molecule has 6 heteroatoms. The summed E-state index contributed by atoms with van der Waals surface area (Å²) in [4.78, 5) is 16.4. The summed E-state index contributed by atoms with van der Waals surface area (Å²) >= 11 is 3.51. The zero-order chi connectivity index (χ0) is 17.9. The van der Waals surface area contributed by atoms with Gasteiger partial charge in [-0.15, -0.1) is 0 Å². The molecule has 0 radical (unpaired) electrons. The maximum absolute atomic E-state index is 12.1. The maximum Gasteiger partial charge on any atom is 0.225 e. The van der Waals surface area contributed by atoms with Crippen molar-refractivity contribution in [3.63, 3.8) is 0 Å². The molecule has 0 aliphatic carbocycles. The predicted octanol–water partition coefficient (Wildman–Crippen LogP) is 3.24. The number of amides is 1. The zero-order valence-electron chi connectivity index (χ0n) is 14.9. The van der Waals surface area contributed by atoms with Crippen molar-refractivity contribution in [3.05, 3.63) is 22.2 Å². The summed E-state index contributed by atoms with van der Waals surface area (Å²) in [5.74, 6) is 0.902. The lowest BCUT2D eigenvalue weighted by atomic mass is 10.0. The Balaban J connectivity index is 1.95. The van der Waals surface area contributed by atoms with Crippen molar-refractivity contribution in [2.75, 3.05) is 27.2 Å². The molecule has 0 bridgehead atoms. The van der Waals surface area contributed by atoms with Crippen molar-refractivity contribution in [3.8, 4) is 11.5 Å². The van der Waals surface area contributed by atoms with Crippen molar-refractivity contribution < 1.29 is 14.6 Å². The molecule has 1 aliphatic heterocycles. The number of phenolic OH excluding ortho intramolecular Hbond substituents is 1. The largest absolute Gasteiger partial charge is 0.504 e. The smallest absolute Gasteiger partial charge is 0.225 e. The molecule has 0 atom stereocenters. The number of methoxy groups -OCH3 is 1. The number of rotatable bonds is 5. The topological polar surface area (TPSA) is 53.0 Å². The van der Waals surface area contributed by atoms with Gasteiger partial charge in [-0.3, -0.25) is 9.69 Å². The molecule has 0 spiro atoms. The van der Waals surface area contributed by atoms with Crippen LogP contribution in [-0.2, 0) is 11.3 Å². The molecule has 0 unspecified atom stereocenters. The van der Waals surface area contributed by atoms with Crippen LogP contribution in [0.3, 0.4) is 0 Å².